The molecule has 3 aromatic rings. The molecule has 0 N–H and O–H groups in total. The van der Waals surface area contributed by atoms with E-state index in [0.29, 0.717) is 0 Å². The Bertz CT molecular complexity index is 1230. The smallest absolute Gasteiger partial charge is 0.114 e. The van der Waals surface area contributed by atoms with E-state index >= 15 is 0 Å². The second-order valence-electron chi connectivity index (χ2n) is 8.15. The van der Waals surface area contributed by atoms with Crippen LogP contribution in [0.25, 0.3) is 11.1 Å². The number of hydrogen-bond donors (Lipinski definition) is 0. The summed E-state index contributed by atoms with van der Waals surface area (Å²) in [4.78, 5) is 0. The zero-order valence-corrected chi connectivity index (χ0v) is 22.7. The molecule has 0 aromatic heterocycles. The van der Waals surface area contributed by atoms with Gasteiger partial charge in [-0.25, -0.2) is 0 Å². The van der Waals surface area contributed by atoms with Crippen LogP contribution in [0, 0.1) is 0 Å². The number of hydrogen-bond acceptors (Lipinski definition) is 0. The predicted molar refractivity (Wildman–Crippen MR) is 130 cm³/mol. The quantitative estimate of drug-likeness (QED) is 0.240. The minimum absolute atomic E-state index is 0. The van der Waals surface area contributed by atoms with E-state index < -0.39 is 8.99 Å². The second kappa shape index (κ2) is 8.31. The van der Waals surface area contributed by atoms with Crippen molar-refractivity contribution in [1.29, 1.82) is 0 Å². The molecule has 31 heavy (non-hydrogen) atoms. The van der Waals surface area contributed by atoms with Crippen LogP contribution < -0.4 is 0 Å². The van der Waals surface area contributed by atoms with E-state index in [-0.39, 0.29) is 35.7 Å². The van der Waals surface area contributed by atoms with Crippen molar-refractivity contribution in [2.45, 2.75) is 29.8 Å². The van der Waals surface area contributed by atoms with Crippen molar-refractivity contribution < 1.29 is 26.2 Å². The molecule has 0 amide bonds. The van der Waals surface area contributed by atoms with Crippen LogP contribution >= 0.6 is 23.2 Å². The van der Waals surface area contributed by atoms with Crippen molar-refractivity contribution in [3.05, 3.63) is 118 Å². The maximum Gasteiger partial charge on any atom is 0.118 e. The Balaban J connectivity index is 0.00000231. The van der Waals surface area contributed by atoms with Crippen molar-refractivity contribution in [2.24, 2.45) is 0 Å². The van der Waals surface area contributed by atoms with Crippen LogP contribution in [0.5, 0.6) is 0 Å². The van der Waals surface area contributed by atoms with Crippen molar-refractivity contribution in [2.75, 3.05) is 0 Å². The molecule has 5 rings (SSSR count). The minimum Gasteiger partial charge on any atom is -0.114 e. The van der Waals surface area contributed by atoms with Gasteiger partial charge in [-0.2, -0.15) is 0 Å². The summed E-state index contributed by atoms with van der Waals surface area (Å²) >= 11 is 15.1. The van der Waals surface area contributed by atoms with Crippen molar-refractivity contribution in [1.82, 2.24) is 0 Å². The van der Waals surface area contributed by atoms with Gasteiger partial charge in [-0.15, -0.1) is 23.2 Å². The van der Waals surface area contributed by atoms with Gasteiger partial charge in [0.2, 0.25) is 0 Å². The van der Waals surface area contributed by atoms with E-state index in [1.807, 2.05) is 0 Å². The van der Waals surface area contributed by atoms with E-state index in [1.54, 1.807) is 0 Å². The molecule has 2 radical (unpaired) electrons. The Morgan fingerprint density at radius 1 is 0.613 bits per heavy atom. The van der Waals surface area contributed by atoms with Crippen molar-refractivity contribution in [3.63, 3.8) is 0 Å². The summed E-state index contributed by atoms with van der Waals surface area (Å²) in [5.74, 6) is 0. The molecule has 0 spiro atoms. The van der Waals surface area contributed by atoms with Gasteiger partial charge in [0.05, 0.1) is 8.99 Å². The van der Waals surface area contributed by atoms with Gasteiger partial charge in [0.25, 0.3) is 0 Å². The molecule has 3 aromatic carbocycles. The molecule has 0 heterocycles. The zero-order valence-electron chi connectivity index (χ0n) is 17.8. The van der Waals surface area contributed by atoms with Gasteiger partial charge < -0.3 is 0 Å². The average molecular weight is 537 g/mol. The van der Waals surface area contributed by atoms with E-state index in [4.69, 9.17) is 23.2 Å². The van der Waals surface area contributed by atoms with Crippen LogP contribution in [-0.4, -0.2) is 9.52 Å². The maximum absolute atomic E-state index is 7.59. The van der Waals surface area contributed by atoms with Gasteiger partial charge in [0.1, 0.15) is 9.52 Å². The Labute approximate surface area is 216 Å². The largest absolute Gasteiger partial charge is 0.118 e. The summed E-state index contributed by atoms with van der Waals surface area (Å²) in [5.41, 5.74) is 10.9. The van der Waals surface area contributed by atoms with E-state index in [9.17, 15) is 0 Å². The minimum atomic E-state index is -0.636. The summed E-state index contributed by atoms with van der Waals surface area (Å²) in [6.07, 6.45) is 0. The van der Waals surface area contributed by atoms with Crippen LogP contribution in [0.2, 0.25) is 0 Å². The molecule has 2 unspecified atom stereocenters. The third kappa shape index (κ3) is 3.34. The van der Waals surface area contributed by atoms with Gasteiger partial charge in [0.15, 0.2) is 0 Å². The molecule has 0 bridgehead atoms. The molecule has 0 saturated heterocycles. The summed E-state index contributed by atoms with van der Waals surface area (Å²) in [6, 6.07) is 27.6. The van der Waals surface area contributed by atoms with Crippen molar-refractivity contribution >= 4 is 43.9 Å². The predicted octanol–water partition coefficient (Wildman–Crippen LogP) is 7.51. The summed E-state index contributed by atoms with van der Waals surface area (Å²) in [6.45, 7) is 6.51. The number of fused-ring (bicyclic) bond motifs is 2. The normalized spacial score (nSPS) is 24.2. The van der Waals surface area contributed by atoms with E-state index in [2.05, 4.69) is 99.6 Å². The topological polar surface area (TPSA) is 0 Å². The molecular formula is C27H22Cl2SiZr. The molecule has 0 fully saturated rings. The van der Waals surface area contributed by atoms with E-state index in [0.717, 1.165) is 5.56 Å². The molecule has 0 nitrogen and oxygen atoms in total. The SMILES string of the molecule is CC1=C(C)C(Cl)([Si]C2(Cl)C(C)=C(c3ccccc3)c3ccccc32)c2ccccc21.[Zr]. The van der Waals surface area contributed by atoms with Crippen LogP contribution in [0.15, 0.2) is 90.0 Å². The number of rotatable bonds is 3. The fourth-order valence-corrected chi connectivity index (χ4v) is 8.32. The monoisotopic (exact) mass is 534 g/mol. The Morgan fingerprint density at radius 3 is 1.74 bits per heavy atom. The first kappa shape index (κ1) is 23.0. The number of allylic oxidation sites excluding steroid dienone is 3. The molecule has 0 saturated carbocycles. The molecule has 2 atom stereocenters. The standard InChI is InChI=1S/C27H22Cl2Si.Zr/c1-17-18(2)26(28,23-15-9-7-13-21(17)23)30-27(29)19(3)25(20-11-5-4-6-12-20)22-14-8-10-16-24(22)27;/h4-16H,1-3H3;. The van der Waals surface area contributed by atoms with E-state index in [1.165, 1.54) is 44.5 Å². The molecule has 2 aliphatic rings. The summed E-state index contributed by atoms with van der Waals surface area (Å²) < 4.78 is -1.23. The van der Waals surface area contributed by atoms with Gasteiger partial charge in [-0.3, -0.25) is 0 Å². The van der Waals surface area contributed by atoms with Crippen LogP contribution in [0.3, 0.4) is 0 Å². The number of alkyl halides is 2. The first-order chi connectivity index (χ1) is 14.4. The number of halogens is 2. The van der Waals surface area contributed by atoms with Gasteiger partial charge in [-0.05, 0) is 70.9 Å². The third-order valence-corrected chi connectivity index (χ3v) is 10.2. The van der Waals surface area contributed by atoms with Crippen LogP contribution in [-0.2, 0) is 35.2 Å². The summed E-state index contributed by atoms with van der Waals surface area (Å²) in [5, 5.41) is 0. The Morgan fingerprint density at radius 2 is 1.10 bits per heavy atom. The molecule has 4 heteroatoms. The van der Waals surface area contributed by atoms with Gasteiger partial charge in [0, 0.05) is 26.2 Å². The molecular weight excluding hydrogens is 515 g/mol. The second-order valence-corrected chi connectivity index (χ2v) is 11.7. The van der Waals surface area contributed by atoms with Crippen LogP contribution in [0.4, 0.5) is 0 Å². The first-order valence-corrected chi connectivity index (χ1v) is 11.9. The van der Waals surface area contributed by atoms with Crippen LogP contribution in [0.1, 0.15) is 48.6 Å². The fraction of sp³-hybridized carbons (Fsp3) is 0.185. The maximum atomic E-state index is 7.59. The molecule has 152 valence electrons. The third-order valence-electron chi connectivity index (χ3n) is 6.65. The number of benzene rings is 3. The Kier molecular flexibility index (Phi) is 6.16. The molecule has 0 aliphatic heterocycles. The van der Waals surface area contributed by atoms with Gasteiger partial charge in [-0.1, -0.05) is 78.9 Å². The average Bonchev–Trinajstić information content (AvgIpc) is 3.10. The fourth-order valence-electron chi connectivity index (χ4n) is 4.89. The summed E-state index contributed by atoms with van der Waals surface area (Å²) in [7, 11) is 0.272. The van der Waals surface area contributed by atoms with Gasteiger partial charge >= 0.3 is 0 Å². The Hall–Kier alpha value is -1.18. The van der Waals surface area contributed by atoms with Crippen molar-refractivity contribution in [3.8, 4) is 0 Å². The molecule has 2 aliphatic carbocycles. The first-order valence-electron chi connectivity index (χ1n) is 10.2. The zero-order chi connectivity index (χ0) is 21.1.